The molecule has 1 heterocycles. The van der Waals surface area contributed by atoms with Crippen molar-refractivity contribution in [3.8, 4) is 0 Å². The van der Waals surface area contributed by atoms with Crippen molar-refractivity contribution in [1.29, 1.82) is 0 Å². The number of nitrogens with zero attached hydrogens (tertiary/aromatic N) is 1. The summed E-state index contributed by atoms with van der Waals surface area (Å²) < 4.78 is 0. The average Bonchev–Trinajstić information content (AvgIpc) is 2.66. The largest absolute Gasteiger partial charge is 0.353 e. The minimum atomic E-state index is -0.218. The maximum Gasteiger partial charge on any atom is 0.255 e. The summed E-state index contributed by atoms with van der Waals surface area (Å²) in [5.41, 5.74) is 2.04. The molecule has 27 heavy (non-hydrogen) atoms. The van der Waals surface area contributed by atoms with Crippen LogP contribution in [0.5, 0.6) is 0 Å². The Hall–Kier alpha value is -2.08. The molecule has 1 atom stereocenters. The van der Waals surface area contributed by atoms with Gasteiger partial charge in [-0.2, -0.15) is 0 Å². The average molecular weight is 386 g/mol. The second-order valence-corrected chi connectivity index (χ2v) is 8.51. The number of aromatic amines is 1. The Bertz CT molecular complexity index is 829. The molecule has 1 aromatic heterocycles. The summed E-state index contributed by atoms with van der Waals surface area (Å²) >= 11 is 1.51. The third-order valence-corrected chi connectivity index (χ3v) is 6.11. The van der Waals surface area contributed by atoms with Gasteiger partial charge in [0, 0.05) is 22.5 Å². The number of carbonyl (C=O) groups excluding carboxylic acids is 1. The molecule has 1 aliphatic rings. The van der Waals surface area contributed by atoms with E-state index >= 15 is 0 Å². The quantitative estimate of drug-likeness (QED) is 0.584. The van der Waals surface area contributed by atoms with Crippen LogP contribution in [-0.2, 0) is 11.2 Å². The molecule has 5 nitrogen and oxygen atoms in total. The van der Waals surface area contributed by atoms with Crippen molar-refractivity contribution < 1.29 is 4.79 Å². The summed E-state index contributed by atoms with van der Waals surface area (Å²) in [6.07, 6.45) is 5.73. The van der Waals surface area contributed by atoms with E-state index in [0.29, 0.717) is 16.4 Å². The lowest BCUT2D eigenvalue weighted by Gasteiger charge is -2.22. The molecule has 2 aromatic rings. The van der Waals surface area contributed by atoms with Crippen molar-refractivity contribution >= 4 is 17.7 Å². The molecule has 1 fully saturated rings. The van der Waals surface area contributed by atoms with E-state index in [1.807, 2.05) is 18.2 Å². The van der Waals surface area contributed by atoms with Crippen LogP contribution in [0.2, 0.25) is 0 Å². The van der Waals surface area contributed by atoms with E-state index in [1.165, 1.54) is 23.7 Å². The van der Waals surface area contributed by atoms with E-state index in [2.05, 4.69) is 34.3 Å². The van der Waals surface area contributed by atoms with Crippen molar-refractivity contribution in [3.05, 3.63) is 57.5 Å². The molecule has 144 valence electrons. The van der Waals surface area contributed by atoms with Gasteiger partial charge in [-0.15, -0.1) is 0 Å². The van der Waals surface area contributed by atoms with Crippen LogP contribution in [0.25, 0.3) is 0 Å². The lowest BCUT2D eigenvalue weighted by molar-refractivity contribution is -0.121. The van der Waals surface area contributed by atoms with Gasteiger partial charge < -0.3 is 10.3 Å². The standard InChI is InChI=1S/C21H27N3O2S/c1-14-18(13-19(25)23-17-11-7-4-8-12-17)20(26)24-21(22-14)27-15(2)16-9-5-3-6-10-16/h3,5-6,9-10,15,17H,4,7-8,11-13H2,1-2H3,(H,23,25)(H,22,24,26). The van der Waals surface area contributed by atoms with E-state index < -0.39 is 0 Å². The lowest BCUT2D eigenvalue weighted by Crippen LogP contribution is -2.38. The Morgan fingerprint density at radius 2 is 1.96 bits per heavy atom. The summed E-state index contributed by atoms with van der Waals surface area (Å²) in [4.78, 5) is 32.2. The number of rotatable bonds is 6. The maximum absolute atomic E-state index is 12.5. The fourth-order valence-electron chi connectivity index (χ4n) is 3.49. The SMILES string of the molecule is Cc1nc(SC(C)c2ccccc2)[nH]c(=O)c1CC(=O)NC1CCCCC1. The summed E-state index contributed by atoms with van der Waals surface area (Å²) in [7, 11) is 0. The molecule has 1 unspecified atom stereocenters. The van der Waals surface area contributed by atoms with Crippen LogP contribution in [0, 0.1) is 6.92 Å². The van der Waals surface area contributed by atoms with E-state index in [0.717, 1.165) is 25.7 Å². The van der Waals surface area contributed by atoms with Crippen LogP contribution < -0.4 is 10.9 Å². The summed E-state index contributed by atoms with van der Waals surface area (Å²) in [6.45, 7) is 3.89. The van der Waals surface area contributed by atoms with Gasteiger partial charge in [0.1, 0.15) is 0 Å². The molecule has 0 saturated heterocycles. The molecule has 6 heteroatoms. The maximum atomic E-state index is 12.5. The van der Waals surface area contributed by atoms with Gasteiger partial charge in [-0.25, -0.2) is 4.98 Å². The molecule has 1 aromatic carbocycles. The molecule has 1 aliphatic carbocycles. The normalized spacial score (nSPS) is 16.1. The molecular formula is C21H27N3O2S. The highest BCUT2D eigenvalue weighted by Gasteiger charge is 2.19. The second-order valence-electron chi connectivity index (χ2n) is 7.19. The number of thioether (sulfide) groups is 1. The van der Waals surface area contributed by atoms with Crippen LogP contribution >= 0.6 is 11.8 Å². The first-order valence-corrected chi connectivity index (χ1v) is 10.5. The van der Waals surface area contributed by atoms with Gasteiger partial charge in [0.15, 0.2) is 5.16 Å². The van der Waals surface area contributed by atoms with Crippen LogP contribution in [0.3, 0.4) is 0 Å². The van der Waals surface area contributed by atoms with E-state index in [-0.39, 0.29) is 29.2 Å². The van der Waals surface area contributed by atoms with E-state index in [4.69, 9.17) is 0 Å². The van der Waals surface area contributed by atoms with Crippen molar-refractivity contribution in [2.45, 2.75) is 68.8 Å². The first-order chi connectivity index (χ1) is 13.0. The van der Waals surface area contributed by atoms with Gasteiger partial charge in [-0.05, 0) is 32.3 Å². The Balaban J connectivity index is 1.65. The van der Waals surface area contributed by atoms with Gasteiger partial charge >= 0.3 is 0 Å². The first kappa shape index (κ1) is 19.7. The zero-order chi connectivity index (χ0) is 19.2. The van der Waals surface area contributed by atoms with Crippen LogP contribution in [0.15, 0.2) is 40.3 Å². The Labute approximate surface area is 164 Å². The molecule has 0 radical (unpaired) electrons. The number of hydrogen-bond donors (Lipinski definition) is 2. The molecular weight excluding hydrogens is 358 g/mol. The third-order valence-electron chi connectivity index (χ3n) is 5.07. The minimum Gasteiger partial charge on any atom is -0.353 e. The van der Waals surface area contributed by atoms with Gasteiger partial charge in [0.05, 0.1) is 6.42 Å². The summed E-state index contributed by atoms with van der Waals surface area (Å²) in [5, 5.41) is 3.83. The Morgan fingerprint density at radius 1 is 1.26 bits per heavy atom. The molecule has 1 amide bonds. The number of H-pyrrole nitrogens is 1. The molecule has 0 bridgehead atoms. The zero-order valence-electron chi connectivity index (χ0n) is 16.0. The summed E-state index contributed by atoms with van der Waals surface area (Å²) in [5.74, 6) is -0.0876. The van der Waals surface area contributed by atoms with E-state index in [9.17, 15) is 9.59 Å². The first-order valence-electron chi connectivity index (χ1n) is 9.63. The van der Waals surface area contributed by atoms with Crippen LogP contribution in [0.4, 0.5) is 0 Å². The van der Waals surface area contributed by atoms with Crippen LogP contribution in [0.1, 0.15) is 61.1 Å². The fourth-order valence-corrected chi connectivity index (χ4v) is 4.46. The van der Waals surface area contributed by atoms with Crippen molar-refractivity contribution in [3.63, 3.8) is 0 Å². The van der Waals surface area contributed by atoms with Crippen molar-refractivity contribution in [1.82, 2.24) is 15.3 Å². The lowest BCUT2D eigenvalue weighted by atomic mass is 9.95. The molecule has 0 spiro atoms. The number of amides is 1. The molecule has 2 N–H and O–H groups in total. The second kappa shape index (κ2) is 9.22. The van der Waals surface area contributed by atoms with Gasteiger partial charge in [-0.1, -0.05) is 61.4 Å². The molecule has 0 aliphatic heterocycles. The Kier molecular flexibility index (Phi) is 6.72. The number of nitrogens with one attached hydrogen (secondary N) is 2. The van der Waals surface area contributed by atoms with Gasteiger partial charge in [-0.3, -0.25) is 9.59 Å². The third kappa shape index (κ3) is 5.45. The number of aryl methyl sites for hydroxylation is 1. The highest BCUT2D eigenvalue weighted by Crippen LogP contribution is 2.32. The number of benzene rings is 1. The number of hydrogen-bond acceptors (Lipinski definition) is 4. The Morgan fingerprint density at radius 3 is 2.63 bits per heavy atom. The van der Waals surface area contributed by atoms with Gasteiger partial charge in [0.2, 0.25) is 5.91 Å². The molecule has 3 rings (SSSR count). The predicted octanol–water partition coefficient (Wildman–Crippen LogP) is 3.92. The minimum absolute atomic E-state index is 0.0872. The zero-order valence-corrected chi connectivity index (χ0v) is 16.8. The molecule has 1 saturated carbocycles. The fraction of sp³-hybridized carbons (Fsp3) is 0.476. The number of carbonyl (C=O) groups is 1. The van der Waals surface area contributed by atoms with Gasteiger partial charge in [0.25, 0.3) is 5.56 Å². The smallest absolute Gasteiger partial charge is 0.255 e. The highest BCUT2D eigenvalue weighted by atomic mass is 32.2. The highest BCUT2D eigenvalue weighted by molar-refractivity contribution is 7.99. The summed E-state index contributed by atoms with van der Waals surface area (Å²) in [6, 6.07) is 10.4. The monoisotopic (exact) mass is 385 g/mol. The van der Waals surface area contributed by atoms with Crippen LogP contribution in [-0.4, -0.2) is 21.9 Å². The number of aromatic nitrogens is 2. The topological polar surface area (TPSA) is 74.8 Å². The van der Waals surface area contributed by atoms with Crippen molar-refractivity contribution in [2.75, 3.05) is 0 Å². The van der Waals surface area contributed by atoms with E-state index in [1.54, 1.807) is 6.92 Å². The predicted molar refractivity (Wildman–Crippen MR) is 109 cm³/mol. The van der Waals surface area contributed by atoms with Crippen molar-refractivity contribution in [2.24, 2.45) is 0 Å².